The molecule has 0 aromatic rings. The molecule has 0 radical (unpaired) electrons. The quantitative estimate of drug-likeness (QED) is 0.309. The highest BCUT2D eigenvalue weighted by molar-refractivity contribution is 5.17. The molecular weight excluding hydrogens is 455 g/mol. The molecule has 17 heteroatoms. The number of hydrogen-bond donors (Lipinski definition) is 0. The lowest BCUT2D eigenvalue weighted by atomic mass is 9.89. The van der Waals surface area contributed by atoms with E-state index in [0.717, 1.165) is 0 Å². The van der Waals surface area contributed by atoms with Gasteiger partial charge in [-0.3, -0.25) is 0 Å². The predicted octanol–water partition coefficient (Wildman–Crippen LogP) is 6.34. The van der Waals surface area contributed by atoms with Gasteiger partial charge in [-0.05, 0) is 0 Å². The molecule has 0 N–H and O–H groups in total. The van der Waals surface area contributed by atoms with Crippen LogP contribution in [0.15, 0.2) is 18.4 Å². The summed E-state index contributed by atoms with van der Waals surface area (Å²) >= 11 is 0. The van der Waals surface area contributed by atoms with Crippen molar-refractivity contribution in [3.8, 4) is 0 Å². The third-order valence-electron chi connectivity index (χ3n) is 3.03. The van der Waals surface area contributed by atoms with E-state index in [1.165, 1.54) is 0 Å². The van der Waals surface area contributed by atoms with E-state index in [1.54, 1.807) is 0 Å². The van der Waals surface area contributed by atoms with Crippen LogP contribution >= 0.6 is 0 Å². The lowest BCUT2D eigenvalue weighted by Crippen LogP contribution is -2.74. The Morgan fingerprint density at radius 2 is 0.679 bits per heavy atom. The van der Waals surface area contributed by atoms with Gasteiger partial charge in [0.1, 0.15) is 0 Å². The van der Waals surface area contributed by atoms with Gasteiger partial charge in [-0.15, -0.1) is 5.73 Å². The first kappa shape index (κ1) is 26.3. The summed E-state index contributed by atoms with van der Waals surface area (Å²) in [5.74, 6) is -56.4. The standard InChI is InChI=1S/C11H3F17/c1-2-3-4(12,13)5(14,15)6(16,17)7(18,19)8(20,21)9(22,23)10(24,25)11(26,27)28/h3H,1H2. The van der Waals surface area contributed by atoms with Crippen LogP contribution in [0.1, 0.15) is 0 Å². The molecule has 0 aromatic carbocycles. The fourth-order valence-electron chi connectivity index (χ4n) is 1.39. The molecule has 0 amide bonds. The van der Waals surface area contributed by atoms with Gasteiger partial charge in [-0.25, -0.2) is 0 Å². The predicted molar refractivity (Wildman–Crippen MR) is 54.4 cm³/mol. The van der Waals surface area contributed by atoms with E-state index in [-0.39, 0.29) is 0 Å². The van der Waals surface area contributed by atoms with E-state index in [9.17, 15) is 74.6 Å². The molecule has 0 nitrogen and oxygen atoms in total. The Balaban J connectivity index is 6.76. The van der Waals surface area contributed by atoms with E-state index in [1.807, 2.05) is 0 Å². The molecule has 0 aliphatic rings. The first-order valence-electron chi connectivity index (χ1n) is 5.89. The van der Waals surface area contributed by atoms with Crippen molar-refractivity contribution in [3.63, 3.8) is 0 Å². The van der Waals surface area contributed by atoms with Crippen LogP contribution in [-0.4, -0.2) is 47.6 Å². The SMILES string of the molecule is C=C=CC(F)(F)C(F)(F)C(F)(F)C(F)(F)C(F)(F)C(F)(F)C(F)(F)C(F)(F)F. The van der Waals surface area contributed by atoms with Gasteiger partial charge in [0, 0.05) is 6.08 Å². The zero-order valence-corrected chi connectivity index (χ0v) is 12.2. The second kappa shape index (κ2) is 6.42. The zero-order chi connectivity index (χ0) is 23.4. The average Bonchev–Trinajstić information content (AvgIpc) is 2.44. The summed E-state index contributed by atoms with van der Waals surface area (Å²) in [7, 11) is 0. The minimum atomic E-state index is -8.61. The molecule has 0 unspecified atom stereocenters. The molecule has 0 aliphatic heterocycles. The van der Waals surface area contributed by atoms with Gasteiger partial charge in [0.2, 0.25) is 0 Å². The summed E-state index contributed by atoms with van der Waals surface area (Å²) in [5.41, 5.74) is 0.663. The van der Waals surface area contributed by atoms with Gasteiger partial charge in [0.15, 0.2) is 0 Å². The highest BCUT2D eigenvalue weighted by Crippen LogP contribution is 2.63. The fraction of sp³-hybridized carbons (Fsp3) is 0.727. The third kappa shape index (κ3) is 3.10. The van der Waals surface area contributed by atoms with E-state index >= 15 is 0 Å². The molecule has 166 valence electrons. The normalized spacial score (nSPS) is 16.0. The number of allylic oxidation sites excluding steroid dienone is 1. The summed E-state index contributed by atoms with van der Waals surface area (Å²) < 4.78 is 216. The van der Waals surface area contributed by atoms with Gasteiger partial charge < -0.3 is 0 Å². The van der Waals surface area contributed by atoms with Crippen LogP contribution in [0.25, 0.3) is 0 Å². The molecule has 0 heterocycles. The Hall–Kier alpha value is -1.67. The minimum absolute atomic E-state index is 0.663. The second-order valence-electron chi connectivity index (χ2n) is 4.92. The van der Waals surface area contributed by atoms with Crippen LogP contribution in [0.2, 0.25) is 0 Å². The number of hydrogen-bond acceptors (Lipinski definition) is 0. The minimum Gasteiger partial charge on any atom is -0.194 e. The lowest BCUT2D eigenvalue weighted by molar-refractivity contribution is -0.459. The van der Waals surface area contributed by atoms with Gasteiger partial charge >= 0.3 is 47.6 Å². The van der Waals surface area contributed by atoms with E-state index in [0.29, 0.717) is 5.73 Å². The molecule has 0 spiro atoms. The first-order chi connectivity index (χ1) is 11.8. The van der Waals surface area contributed by atoms with Crippen LogP contribution in [-0.2, 0) is 0 Å². The van der Waals surface area contributed by atoms with E-state index < -0.39 is 53.7 Å². The van der Waals surface area contributed by atoms with Crippen LogP contribution in [0.5, 0.6) is 0 Å². The molecule has 0 bridgehead atoms. The van der Waals surface area contributed by atoms with Crippen LogP contribution in [0.4, 0.5) is 74.6 Å². The van der Waals surface area contributed by atoms with Crippen molar-refractivity contribution >= 4 is 0 Å². The van der Waals surface area contributed by atoms with Gasteiger partial charge in [0.05, 0.1) is 0 Å². The van der Waals surface area contributed by atoms with Crippen LogP contribution in [0.3, 0.4) is 0 Å². The van der Waals surface area contributed by atoms with Crippen molar-refractivity contribution in [2.24, 2.45) is 0 Å². The molecule has 0 aliphatic carbocycles. The van der Waals surface area contributed by atoms with E-state index in [2.05, 4.69) is 6.58 Å². The topological polar surface area (TPSA) is 0 Å². The molecule has 0 fully saturated rings. The number of rotatable bonds is 7. The number of alkyl halides is 17. The third-order valence-corrected chi connectivity index (χ3v) is 3.03. The first-order valence-corrected chi connectivity index (χ1v) is 5.89. The van der Waals surface area contributed by atoms with Crippen molar-refractivity contribution < 1.29 is 74.6 Å². The average molecular weight is 458 g/mol. The summed E-state index contributed by atoms with van der Waals surface area (Å²) in [6.45, 7) is 2.13. The van der Waals surface area contributed by atoms with Crippen molar-refractivity contribution in [2.75, 3.05) is 0 Å². The Labute approximate surface area is 142 Å². The van der Waals surface area contributed by atoms with Gasteiger partial charge in [-0.2, -0.15) is 74.6 Å². The maximum absolute atomic E-state index is 13.1. The maximum Gasteiger partial charge on any atom is 0.460 e. The Kier molecular flexibility index (Phi) is 6.04. The van der Waals surface area contributed by atoms with E-state index in [4.69, 9.17) is 0 Å². The lowest BCUT2D eigenvalue weighted by Gasteiger charge is -2.42. The molecule has 0 saturated carbocycles. The second-order valence-corrected chi connectivity index (χ2v) is 4.92. The molecule has 0 saturated heterocycles. The highest BCUT2D eigenvalue weighted by Gasteiger charge is 2.95. The van der Waals surface area contributed by atoms with Gasteiger partial charge in [-0.1, -0.05) is 6.58 Å². The van der Waals surface area contributed by atoms with Crippen LogP contribution < -0.4 is 0 Å². The molecule has 0 atom stereocenters. The smallest absolute Gasteiger partial charge is 0.194 e. The number of halogens is 17. The summed E-state index contributed by atoms with van der Waals surface area (Å²) in [6, 6.07) is 0. The fourth-order valence-corrected chi connectivity index (χ4v) is 1.39. The Morgan fingerprint density at radius 1 is 0.429 bits per heavy atom. The van der Waals surface area contributed by atoms with Gasteiger partial charge in [0.25, 0.3) is 0 Å². The molecule has 28 heavy (non-hydrogen) atoms. The summed E-state index contributed by atoms with van der Waals surface area (Å²) in [6.07, 6.45) is -9.25. The summed E-state index contributed by atoms with van der Waals surface area (Å²) in [4.78, 5) is 0. The zero-order valence-electron chi connectivity index (χ0n) is 12.2. The largest absolute Gasteiger partial charge is 0.460 e. The monoisotopic (exact) mass is 458 g/mol. The molecule has 0 rings (SSSR count). The van der Waals surface area contributed by atoms with Crippen molar-refractivity contribution in [2.45, 2.75) is 47.6 Å². The Morgan fingerprint density at radius 3 is 0.929 bits per heavy atom. The van der Waals surface area contributed by atoms with Crippen molar-refractivity contribution in [1.29, 1.82) is 0 Å². The summed E-state index contributed by atoms with van der Waals surface area (Å²) in [5, 5.41) is 0. The highest BCUT2D eigenvalue weighted by atomic mass is 19.4. The Bertz CT molecular complexity index is 630. The van der Waals surface area contributed by atoms with Crippen LogP contribution in [0, 0.1) is 0 Å². The molecule has 0 aromatic heterocycles. The molecular formula is C11H3F17. The maximum atomic E-state index is 13.1. The van der Waals surface area contributed by atoms with Crippen molar-refractivity contribution in [1.82, 2.24) is 0 Å². The van der Waals surface area contributed by atoms with Crippen molar-refractivity contribution in [3.05, 3.63) is 18.4 Å².